The molecule has 1 N–H and O–H groups in total. The molecule has 1 aromatic heterocycles. The van der Waals surface area contributed by atoms with Crippen LogP contribution in [0.4, 0.5) is 8.78 Å². The van der Waals surface area contributed by atoms with E-state index < -0.39 is 11.6 Å². The van der Waals surface area contributed by atoms with Gasteiger partial charge in [0.1, 0.15) is 11.6 Å². The molecule has 1 saturated carbocycles. The largest absolute Gasteiger partial charge is 0.335 e. The zero-order chi connectivity index (χ0) is 15.5. The normalized spacial score (nSPS) is 14.1. The second-order valence-corrected chi connectivity index (χ2v) is 5.49. The van der Waals surface area contributed by atoms with E-state index in [1.807, 2.05) is 0 Å². The van der Waals surface area contributed by atoms with Gasteiger partial charge >= 0.3 is 0 Å². The first kappa shape index (κ1) is 14.6. The molecule has 0 atom stereocenters. The fourth-order valence-corrected chi connectivity index (χ4v) is 2.43. The van der Waals surface area contributed by atoms with E-state index in [1.54, 1.807) is 11.1 Å². The summed E-state index contributed by atoms with van der Waals surface area (Å²) in [5.74, 6) is -1.28. The molecule has 22 heavy (non-hydrogen) atoms. The molecule has 1 aromatic carbocycles. The third-order valence-corrected chi connectivity index (χ3v) is 3.64. The van der Waals surface area contributed by atoms with Gasteiger partial charge in [-0.25, -0.2) is 8.78 Å². The van der Waals surface area contributed by atoms with Crippen LogP contribution in [0.25, 0.3) is 0 Å². The number of hydrogen-bond donors (Lipinski definition) is 1. The van der Waals surface area contributed by atoms with E-state index in [-0.39, 0.29) is 18.5 Å². The second-order valence-electron chi connectivity index (χ2n) is 5.49. The third-order valence-electron chi connectivity index (χ3n) is 3.64. The van der Waals surface area contributed by atoms with Crippen LogP contribution >= 0.6 is 0 Å². The molecule has 116 valence electrons. The summed E-state index contributed by atoms with van der Waals surface area (Å²) in [6, 6.07) is 3.54. The Morgan fingerprint density at radius 1 is 1.27 bits per heavy atom. The fourth-order valence-electron chi connectivity index (χ4n) is 2.43. The monoisotopic (exact) mass is 306 g/mol. The number of hydrogen-bond acceptors (Lipinski definition) is 3. The predicted molar refractivity (Wildman–Crippen MR) is 74.6 cm³/mol. The first-order valence-electron chi connectivity index (χ1n) is 7.21. The van der Waals surface area contributed by atoms with Crippen molar-refractivity contribution in [1.29, 1.82) is 0 Å². The number of carbonyl (C=O) groups excluding carboxylic acids is 1. The van der Waals surface area contributed by atoms with Crippen LogP contribution in [0.5, 0.6) is 0 Å². The Labute approximate surface area is 126 Å². The number of aryl methyl sites for hydroxylation is 1. The molecule has 7 heteroatoms. The van der Waals surface area contributed by atoms with Crippen molar-refractivity contribution in [3.8, 4) is 0 Å². The summed E-state index contributed by atoms with van der Waals surface area (Å²) in [5, 5.41) is 10.1. The Morgan fingerprint density at radius 3 is 2.59 bits per heavy atom. The Balaban J connectivity index is 1.65. The van der Waals surface area contributed by atoms with Crippen LogP contribution in [-0.4, -0.2) is 32.3 Å². The molecule has 1 aliphatic carbocycles. The Kier molecular flexibility index (Phi) is 4.13. The highest BCUT2D eigenvalue weighted by Crippen LogP contribution is 2.29. The van der Waals surface area contributed by atoms with Gasteiger partial charge < -0.3 is 4.90 Å². The third kappa shape index (κ3) is 3.66. The maximum absolute atomic E-state index is 13.3. The molecule has 0 radical (unpaired) electrons. The molecule has 0 unspecified atom stereocenters. The molecule has 1 fully saturated rings. The number of H-pyrrole nitrogens is 1. The minimum absolute atomic E-state index is 0.0323. The van der Waals surface area contributed by atoms with Gasteiger partial charge in [0.2, 0.25) is 5.91 Å². The van der Waals surface area contributed by atoms with Gasteiger partial charge in [0.25, 0.3) is 0 Å². The lowest BCUT2D eigenvalue weighted by Gasteiger charge is -2.22. The molecule has 0 saturated heterocycles. The SMILES string of the molecule is O=C(CCc1cn[nH]n1)N(Cc1cc(F)cc(F)c1)C1CC1. The van der Waals surface area contributed by atoms with Gasteiger partial charge in [0.15, 0.2) is 0 Å². The average Bonchev–Trinajstić information content (AvgIpc) is 3.17. The minimum atomic E-state index is -0.624. The van der Waals surface area contributed by atoms with Gasteiger partial charge in [-0.2, -0.15) is 15.4 Å². The standard InChI is InChI=1S/C15H16F2N4O/c16-11-5-10(6-12(17)7-11)9-21(14-2-3-14)15(22)4-1-13-8-18-20-19-13/h5-8,14H,1-4,9H2,(H,18,19,20). The quantitative estimate of drug-likeness (QED) is 0.890. The summed E-state index contributed by atoms with van der Waals surface area (Å²) >= 11 is 0. The molecule has 1 aliphatic rings. The van der Waals surface area contributed by atoms with Gasteiger partial charge in [0.05, 0.1) is 11.9 Å². The van der Waals surface area contributed by atoms with Crippen molar-refractivity contribution in [2.45, 2.75) is 38.3 Å². The zero-order valence-corrected chi connectivity index (χ0v) is 11.9. The number of aromatic amines is 1. The Bertz CT molecular complexity index is 635. The number of nitrogens with one attached hydrogen (secondary N) is 1. The molecule has 0 bridgehead atoms. The minimum Gasteiger partial charge on any atom is -0.335 e. The van der Waals surface area contributed by atoms with Crippen molar-refractivity contribution >= 4 is 5.91 Å². The molecule has 0 aliphatic heterocycles. The molecular formula is C15H16F2N4O. The average molecular weight is 306 g/mol. The molecule has 3 rings (SSSR count). The van der Waals surface area contributed by atoms with Crippen LogP contribution in [0.2, 0.25) is 0 Å². The van der Waals surface area contributed by atoms with Gasteiger partial charge in [-0.1, -0.05) is 0 Å². The van der Waals surface area contributed by atoms with Crippen LogP contribution in [0.15, 0.2) is 24.4 Å². The molecule has 1 amide bonds. The van der Waals surface area contributed by atoms with Crippen LogP contribution in [0.1, 0.15) is 30.5 Å². The van der Waals surface area contributed by atoms with E-state index in [1.165, 1.54) is 12.1 Å². The van der Waals surface area contributed by atoms with Crippen molar-refractivity contribution in [1.82, 2.24) is 20.3 Å². The summed E-state index contributed by atoms with van der Waals surface area (Å²) in [4.78, 5) is 14.1. The highest BCUT2D eigenvalue weighted by Gasteiger charge is 2.32. The number of halogens is 2. The zero-order valence-electron chi connectivity index (χ0n) is 11.9. The van der Waals surface area contributed by atoms with Crippen molar-refractivity contribution < 1.29 is 13.6 Å². The topological polar surface area (TPSA) is 61.9 Å². The molecule has 0 spiro atoms. The number of amides is 1. The first-order valence-corrected chi connectivity index (χ1v) is 7.21. The van der Waals surface area contributed by atoms with Crippen molar-refractivity contribution in [3.05, 3.63) is 47.3 Å². The van der Waals surface area contributed by atoms with Gasteiger partial charge in [-0.05, 0) is 30.5 Å². The van der Waals surface area contributed by atoms with Crippen LogP contribution in [0, 0.1) is 11.6 Å². The van der Waals surface area contributed by atoms with E-state index >= 15 is 0 Å². The number of rotatable bonds is 6. The second kappa shape index (κ2) is 6.21. The first-order chi connectivity index (χ1) is 10.6. The highest BCUT2D eigenvalue weighted by atomic mass is 19.1. The lowest BCUT2D eigenvalue weighted by molar-refractivity contribution is -0.132. The smallest absolute Gasteiger partial charge is 0.223 e. The lowest BCUT2D eigenvalue weighted by Crippen LogP contribution is -2.32. The Hall–Kier alpha value is -2.31. The molecule has 2 aromatic rings. The van der Waals surface area contributed by atoms with Gasteiger partial charge in [0, 0.05) is 31.5 Å². The van der Waals surface area contributed by atoms with Crippen molar-refractivity contribution in [2.75, 3.05) is 0 Å². The predicted octanol–water partition coefficient (Wildman–Crippen LogP) is 2.21. The van der Waals surface area contributed by atoms with Crippen molar-refractivity contribution in [2.24, 2.45) is 0 Å². The van der Waals surface area contributed by atoms with Gasteiger partial charge in [-0.15, -0.1) is 0 Å². The van der Waals surface area contributed by atoms with E-state index in [9.17, 15) is 13.6 Å². The number of carbonyl (C=O) groups is 1. The lowest BCUT2D eigenvalue weighted by atomic mass is 10.1. The molecule has 5 nitrogen and oxygen atoms in total. The fraction of sp³-hybridized carbons (Fsp3) is 0.400. The summed E-state index contributed by atoms with van der Waals surface area (Å²) in [5.41, 5.74) is 1.19. The molecule has 1 heterocycles. The van der Waals surface area contributed by atoms with E-state index in [4.69, 9.17) is 0 Å². The summed E-state index contributed by atoms with van der Waals surface area (Å²) in [7, 11) is 0. The van der Waals surface area contributed by atoms with Crippen LogP contribution in [0.3, 0.4) is 0 Å². The highest BCUT2D eigenvalue weighted by molar-refractivity contribution is 5.77. The maximum atomic E-state index is 13.3. The van der Waals surface area contributed by atoms with E-state index in [0.717, 1.165) is 24.6 Å². The van der Waals surface area contributed by atoms with Crippen molar-refractivity contribution in [3.63, 3.8) is 0 Å². The summed E-state index contributed by atoms with van der Waals surface area (Å²) < 4.78 is 26.5. The van der Waals surface area contributed by atoms with Gasteiger partial charge in [-0.3, -0.25) is 4.79 Å². The summed E-state index contributed by atoms with van der Waals surface area (Å²) in [6.45, 7) is 0.233. The maximum Gasteiger partial charge on any atom is 0.223 e. The Morgan fingerprint density at radius 2 is 2.00 bits per heavy atom. The van der Waals surface area contributed by atoms with Crippen LogP contribution < -0.4 is 0 Å². The van der Waals surface area contributed by atoms with E-state index in [0.29, 0.717) is 18.4 Å². The number of benzene rings is 1. The van der Waals surface area contributed by atoms with Crippen LogP contribution in [-0.2, 0) is 17.8 Å². The van der Waals surface area contributed by atoms with E-state index in [2.05, 4.69) is 15.4 Å². The number of aromatic nitrogens is 3. The summed E-state index contributed by atoms with van der Waals surface area (Å²) in [6.07, 6.45) is 4.26. The number of nitrogens with zero attached hydrogens (tertiary/aromatic N) is 3. The molecular weight excluding hydrogens is 290 g/mol.